The van der Waals surface area contributed by atoms with Crippen molar-refractivity contribution in [1.29, 1.82) is 0 Å². The largest absolute Gasteiger partial charge is 0.349 e. The molecule has 2 aromatic rings. The highest BCUT2D eigenvalue weighted by Crippen LogP contribution is 2.12. The number of H-pyrrole nitrogens is 1. The van der Waals surface area contributed by atoms with Crippen LogP contribution in [0.1, 0.15) is 22.5 Å². The molecule has 78 valence electrons. The molecule has 2 heteroatoms. The van der Waals surface area contributed by atoms with Crippen molar-refractivity contribution in [3.05, 3.63) is 53.1 Å². The summed E-state index contributed by atoms with van der Waals surface area (Å²) in [6, 6.07) is 6.62. The van der Waals surface area contributed by atoms with Gasteiger partial charge in [0.1, 0.15) is 5.82 Å². The molecule has 0 aliphatic rings. The Kier molecular flexibility index (Phi) is 2.86. The zero-order chi connectivity index (χ0) is 10.7. The molecule has 0 bridgehead atoms. The number of benzene rings is 1. The molecule has 0 spiro atoms. The lowest BCUT2D eigenvalue weighted by Crippen LogP contribution is -1.96. The number of aromatic amines is 1. The van der Waals surface area contributed by atoms with E-state index in [0.717, 1.165) is 18.7 Å². The smallest absolute Gasteiger partial charge is 0.106 e. The molecule has 1 heterocycles. The molecule has 15 heavy (non-hydrogen) atoms. The van der Waals surface area contributed by atoms with Gasteiger partial charge in [0.25, 0.3) is 0 Å². The molecule has 0 saturated heterocycles. The van der Waals surface area contributed by atoms with Crippen molar-refractivity contribution in [2.45, 2.75) is 26.7 Å². The van der Waals surface area contributed by atoms with E-state index in [1.54, 1.807) is 6.20 Å². The Morgan fingerprint density at radius 1 is 1.20 bits per heavy atom. The summed E-state index contributed by atoms with van der Waals surface area (Å²) in [6.45, 7) is 4.30. The molecule has 2 nitrogen and oxygen atoms in total. The van der Waals surface area contributed by atoms with Gasteiger partial charge in [0, 0.05) is 18.8 Å². The van der Waals surface area contributed by atoms with Crippen LogP contribution < -0.4 is 0 Å². The Morgan fingerprint density at radius 3 is 2.73 bits per heavy atom. The lowest BCUT2D eigenvalue weighted by molar-refractivity contribution is 0.878. The van der Waals surface area contributed by atoms with Crippen LogP contribution in [0.3, 0.4) is 0 Å². The van der Waals surface area contributed by atoms with Gasteiger partial charge < -0.3 is 4.98 Å². The molecular formula is C13H16N2. The molecule has 0 saturated carbocycles. The summed E-state index contributed by atoms with van der Waals surface area (Å²) < 4.78 is 0. The highest BCUT2D eigenvalue weighted by atomic mass is 14.9. The standard InChI is InChI=1S/C13H16N2/c1-10-3-4-12(11(2)9-10)5-6-13-14-7-8-15-13/h3-4,7-9H,5-6H2,1-2H3,(H,14,15). The minimum atomic E-state index is 0.983. The van der Waals surface area contributed by atoms with Crippen LogP contribution in [0.4, 0.5) is 0 Å². The number of nitrogens with zero attached hydrogens (tertiary/aromatic N) is 1. The fourth-order valence-corrected chi connectivity index (χ4v) is 1.81. The van der Waals surface area contributed by atoms with Crippen LogP contribution in [0.25, 0.3) is 0 Å². The summed E-state index contributed by atoms with van der Waals surface area (Å²) in [7, 11) is 0. The Balaban J connectivity index is 2.05. The van der Waals surface area contributed by atoms with Gasteiger partial charge in [-0.2, -0.15) is 0 Å². The first-order valence-corrected chi connectivity index (χ1v) is 5.30. The maximum absolute atomic E-state index is 4.22. The van der Waals surface area contributed by atoms with E-state index in [9.17, 15) is 0 Å². The van der Waals surface area contributed by atoms with Gasteiger partial charge in [-0.1, -0.05) is 23.8 Å². The summed E-state index contributed by atoms with van der Waals surface area (Å²) in [6.07, 6.45) is 5.71. The maximum Gasteiger partial charge on any atom is 0.106 e. The van der Waals surface area contributed by atoms with Crippen molar-refractivity contribution in [2.75, 3.05) is 0 Å². The molecule has 1 aromatic carbocycles. The molecule has 0 aliphatic carbocycles. The van der Waals surface area contributed by atoms with Gasteiger partial charge in [0.15, 0.2) is 0 Å². The summed E-state index contributed by atoms with van der Waals surface area (Å²) in [5.41, 5.74) is 4.12. The predicted molar refractivity (Wildman–Crippen MR) is 61.9 cm³/mol. The zero-order valence-corrected chi connectivity index (χ0v) is 9.25. The average Bonchev–Trinajstić information content (AvgIpc) is 2.69. The van der Waals surface area contributed by atoms with E-state index >= 15 is 0 Å². The Labute approximate surface area is 90.4 Å². The van der Waals surface area contributed by atoms with Crippen molar-refractivity contribution in [3.63, 3.8) is 0 Å². The lowest BCUT2D eigenvalue weighted by Gasteiger charge is -2.05. The molecule has 0 fully saturated rings. The second-order valence-corrected chi connectivity index (χ2v) is 3.97. The van der Waals surface area contributed by atoms with E-state index in [1.165, 1.54) is 16.7 Å². The summed E-state index contributed by atoms with van der Waals surface area (Å²) in [4.78, 5) is 7.35. The Bertz CT molecular complexity index is 430. The monoisotopic (exact) mass is 200 g/mol. The van der Waals surface area contributed by atoms with E-state index in [1.807, 2.05) is 6.20 Å². The van der Waals surface area contributed by atoms with Crippen LogP contribution in [0.5, 0.6) is 0 Å². The van der Waals surface area contributed by atoms with Crippen molar-refractivity contribution in [2.24, 2.45) is 0 Å². The number of hydrogen-bond donors (Lipinski definition) is 1. The van der Waals surface area contributed by atoms with E-state index in [-0.39, 0.29) is 0 Å². The van der Waals surface area contributed by atoms with Crippen molar-refractivity contribution in [3.8, 4) is 0 Å². The Hall–Kier alpha value is -1.57. The van der Waals surface area contributed by atoms with E-state index in [4.69, 9.17) is 0 Å². The third kappa shape index (κ3) is 2.46. The summed E-state index contributed by atoms with van der Waals surface area (Å²) in [5.74, 6) is 1.06. The first-order valence-electron chi connectivity index (χ1n) is 5.30. The van der Waals surface area contributed by atoms with Crippen LogP contribution in [0.2, 0.25) is 0 Å². The van der Waals surface area contributed by atoms with Crippen molar-refractivity contribution < 1.29 is 0 Å². The molecule has 0 amide bonds. The second-order valence-electron chi connectivity index (χ2n) is 3.97. The zero-order valence-electron chi connectivity index (χ0n) is 9.25. The summed E-state index contributed by atoms with van der Waals surface area (Å²) in [5, 5.41) is 0. The molecule has 0 radical (unpaired) electrons. The average molecular weight is 200 g/mol. The molecule has 0 unspecified atom stereocenters. The van der Waals surface area contributed by atoms with Gasteiger partial charge in [0.2, 0.25) is 0 Å². The maximum atomic E-state index is 4.22. The molecule has 0 atom stereocenters. The Morgan fingerprint density at radius 2 is 2.07 bits per heavy atom. The predicted octanol–water partition coefficient (Wildman–Crippen LogP) is 2.81. The third-order valence-electron chi connectivity index (χ3n) is 2.68. The van der Waals surface area contributed by atoms with E-state index in [0.29, 0.717) is 0 Å². The number of rotatable bonds is 3. The van der Waals surface area contributed by atoms with Gasteiger partial charge in [-0.15, -0.1) is 0 Å². The van der Waals surface area contributed by atoms with Gasteiger partial charge in [0.05, 0.1) is 0 Å². The molecular weight excluding hydrogens is 184 g/mol. The topological polar surface area (TPSA) is 28.7 Å². The summed E-state index contributed by atoms with van der Waals surface area (Å²) >= 11 is 0. The molecule has 1 N–H and O–H groups in total. The van der Waals surface area contributed by atoms with Gasteiger partial charge in [-0.3, -0.25) is 0 Å². The first kappa shape index (κ1) is 9.97. The number of aromatic nitrogens is 2. The normalized spacial score (nSPS) is 10.5. The number of nitrogens with one attached hydrogen (secondary N) is 1. The number of aryl methyl sites for hydroxylation is 4. The minimum absolute atomic E-state index is 0.983. The minimum Gasteiger partial charge on any atom is -0.349 e. The SMILES string of the molecule is Cc1ccc(CCc2ncc[nH]2)c(C)c1. The molecule has 1 aromatic heterocycles. The second kappa shape index (κ2) is 4.30. The van der Waals surface area contributed by atoms with Gasteiger partial charge >= 0.3 is 0 Å². The van der Waals surface area contributed by atoms with Crippen LogP contribution in [-0.4, -0.2) is 9.97 Å². The highest BCUT2D eigenvalue weighted by Gasteiger charge is 2.00. The van der Waals surface area contributed by atoms with Crippen LogP contribution >= 0.6 is 0 Å². The van der Waals surface area contributed by atoms with E-state index < -0.39 is 0 Å². The van der Waals surface area contributed by atoms with Gasteiger partial charge in [-0.05, 0) is 31.4 Å². The highest BCUT2D eigenvalue weighted by molar-refractivity contribution is 5.30. The fourth-order valence-electron chi connectivity index (χ4n) is 1.81. The number of hydrogen-bond acceptors (Lipinski definition) is 1. The molecule has 0 aliphatic heterocycles. The quantitative estimate of drug-likeness (QED) is 0.811. The van der Waals surface area contributed by atoms with E-state index in [2.05, 4.69) is 42.0 Å². The van der Waals surface area contributed by atoms with Crippen LogP contribution in [0, 0.1) is 13.8 Å². The fraction of sp³-hybridized carbons (Fsp3) is 0.308. The first-order chi connectivity index (χ1) is 7.25. The lowest BCUT2D eigenvalue weighted by atomic mass is 10.0. The van der Waals surface area contributed by atoms with Crippen LogP contribution in [0.15, 0.2) is 30.6 Å². The van der Waals surface area contributed by atoms with Gasteiger partial charge in [-0.25, -0.2) is 4.98 Å². The number of imidazole rings is 1. The van der Waals surface area contributed by atoms with Crippen molar-refractivity contribution in [1.82, 2.24) is 9.97 Å². The van der Waals surface area contributed by atoms with Crippen molar-refractivity contribution >= 4 is 0 Å². The van der Waals surface area contributed by atoms with Crippen LogP contribution in [-0.2, 0) is 12.8 Å². The third-order valence-corrected chi connectivity index (χ3v) is 2.68. The molecule has 2 rings (SSSR count).